The van der Waals surface area contributed by atoms with Gasteiger partial charge in [-0.05, 0) is 48.0 Å². The molecule has 1 unspecified atom stereocenters. The molecule has 1 N–H and O–H groups in total. The molecule has 0 spiro atoms. The van der Waals surface area contributed by atoms with Crippen LogP contribution in [0.4, 0.5) is 5.69 Å². The molecule has 0 radical (unpaired) electrons. The van der Waals surface area contributed by atoms with Crippen LogP contribution in [0.25, 0.3) is 0 Å². The lowest BCUT2D eigenvalue weighted by atomic mass is 10.2. The van der Waals surface area contributed by atoms with E-state index in [0.717, 1.165) is 22.5 Å². The molecule has 1 aromatic rings. The van der Waals surface area contributed by atoms with Crippen molar-refractivity contribution in [3.05, 3.63) is 22.7 Å². The highest BCUT2D eigenvalue weighted by Gasteiger charge is 2.05. The zero-order chi connectivity index (χ0) is 12.0. The predicted molar refractivity (Wildman–Crippen MR) is 70.3 cm³/mol. The van der Waals surface area contributed by atoms with Crippen LogP contribution < -0.4 is 10.1 Å². The summed E-state index contributed by atoms with van der Waals surface area (Å²) in [6.45, 7) is 5.53. The van der Waals surface area contributed by atoms with Crippen LogP contribution in [0.15, 0.2) is 22.7 Å². The van der Waals surface area contributed by atoms with E-state index in [2.05, 4.69) is 28.2 Å². The van der Waals surface area contributed by atoms with Gasteiger partial charge in [0.2, 0.25) is 0 Å². The first-order valence-electron chi connectivity index (χ1n) is 5.35. The minimum absolute atomic E-state index is 0.282. The molecule has 16 heavy (non-hydrogen) atoms. The topological polar surface area (TPSA) is 30.5 Å². The highest BCUT2D eigenvalue weighted by atomic mass is 79.9. The molecular weight excluding hydrogens is 270 g/mol. The molecule has 0 fully saturated rings. The molecule has 1 aromatic carbocycles. The molecule has 0 saturated carbocycles. The smallest absolute Gasteiger partial charge is 0.120 e. The van der Waals surface area contributed by atoms with E-state index >= 15 is 0 Å². The number of hydrogen-bond acceptors (Lipinski definition) is 3. The van der Waals surface area contributed by atoms with Crippen LogP contribution in [-0.4, -0.2) is 26.4 Å². The summed E-state index contributed by atoms with van der Waals surface area (Å²) in [5, 5.41) is 3.37. The number of nitrogens with one attached hydrogen (secondary N) is 1. The lowest BCUT2D eigenvalue weighted by Crippen LogP contribution is -2.21. The van der Waals surface area contributed by atoms with Gasteiger partial charge in [0.15, 0.2) is 0 Å². The maximum Gasteiger partial charge on any atom is 0.120 e. The average Bonchev–Trinajstić information content (AvgIpc) is 2.29. The van der Waals surface area contributed by atoms with Gasteiger partial charge in [-0.2, -0.15) is 0 Å². The lowest BCUT2D eigenvalue weighted by Gasteiger charge is -2.16. The van der Waals surface area contributed by atoms with E-state index in [9.17, 15) is 0 Å². The van der Waals surface area contributed by atoms with Crippen molar-refractivity contribution < 1.29 is 9.47 Å². The number of rotatable bonds is 6. The first kappa shape index (κ1) is 13.3. The summed E-state index contributed by atoms with van der Waals surface area (Å²) in [4.78, 5) is 0. The van der Waals surface area contributed by atoms with Crippen molar-refractivity contribution >= 4 is 21.6 Å². The molecule has 0 saturated heterocycles. The fourth-order valence-corrected chi connectivity index (χ4v) is 1.81. The molecule has 1 atom stereocenters. The minimum Gasteiger partial charge on any atom is -0.497 e. The van der Waals surface area contributed by atoms with Crippen molar-refractivity contribution in [2.24, 2.45) is 0 Å². The quantitative estimate of drug-likeness (QED) is 0.871. The number of anilines is 1. The largest absolute Gasteiger partial charge is 0.497 e. The van der Waals surface area contributed by atoms with Crippen molar-refractivity contribution in [2.45, 2.75) is 19.9 Å². The fraction of sp³-hybridized carbons (Fsp3) is 0.500. The Balaban J connectivity index is 2.59. The zero-order valence-corrected chi connectivity index (χ0v) is 11.5. The van der Waals surface area contributed by atoms with Crippen LogP contribution in [0, 0.1) is 0 Å². The summed E-state index contributed by atoms with van der Waals surface area (Å²) in [5.41, 5.74) is 1.05. The molecule has 0 aliphatic carbocycles. The van der Waals surface area contributed by atoms with E-state index in [1.807, 2.05) is 25.1 Å². The van der Waals surface area contributed by atoms with Gasteiger partial charge < -0.3 is 14.8 Å². The summed E-state index contributed by atoms with van der Waals surface area (Å²) in [6.07, 6.45) is 0. The number of hydrogen-bond donors (Lipinski definition) is 1. The second-order valence-electron chi connectivity index (χ2n) is 3.55. The van der Waals surface area contributed by atoms with Crippen molar-refractivity contribution in [1.29, 1.82) is 0 Å². The van der Waals surface area contributed by atoms with Crippen LogP contribution in [0.2, 0.25) is 0 Å². The second-order valence-corrected chi connectivity index (χ2v) is 4.40. The van der Waals surface area contributed by atoms with Gasteiger partial charge in [-0.25, -0.2) is 0 Å². The van der Waals surface area contributed by atoms with Crippen LogP contribution >= 0.6 is 15.9 Å². The monoisotopic (exact) mass is 287 g/mol. The maximum atomic E-state index is 5.35. The molecule has 0 bridgehead atoms. The molecule has 0 aliphatic rings. The molecule has 1 rings (SSSR count). The number of benzene rings is 1. The molecule has 0 amide bonds. The molecule has 4 heteroatoms. The Morgan fingerprint density at radius 3 is 2.75 bits per heavy atom. The van der Waals surface area contributed by atoms with Crippen molar-refractivity contribution in [2.75, 3.05) is 25.6 Å². The van der Waals surface area contributed by atoms with Gasteiger partial charge in [-0.1, -0.05) is 0 Å². The summed E-state index contributed by atoms with van der Waals surface area (Å²) in [7, 11) is 1.66. The van der Waals surface area contributed by atoms with E-state index in [-0.39, 0.29) is 6.04 Å². The van der Waals surface area contributed by atoms with Crippen LogP contribution in [-0.2, 0) is 4.74 Å². The third-order valence-corrected chi connectivity index (χ3v) is 2.81. The van der Waals surface area contributed by atoms with E-state index in [0.29, 0.717) is 6.61 Å². The van der Waals surface area contributed by atoms with Gasteiger partial charge in [-0.3, -0.25) is 0 Å². The van der Waals surface area contributed by atoms with Crippen molar-refractivity contribution in [3.63, 3.8) is 0 Å². The summed E-state index contributed by atoms with van der Waals surface area (Å²) >= 11 is 3.50. The van der Waals surface area contributed by atoms with E-state index in [1.54, 1.807) is 7.11 Å². The summed E-state index contributed by atoms with van der Waals surface area (Å²) < 4.78 is 11.5. The number of halogens is 1. The molecular formula is C12H18BrNO2. The van der Waals surface area contributed by atoms with Crippen LogP contribution in [0.1, 0.15) is 13.8 Å². The Morgan fingerprint density at radius 2 is 2.19 bits per heavy atom. The summed E-state index contributed by atoms with van der Waals surface area (Å²) in [5.74, 6) is 0.842. The molecule has 3 nitrogen and oxygen atoms in total. The van der Waals surface area contributed by atoms with E-state index < -0.39 is 0 Å². The molecule has 0 heterocycles. The standard InChI is InChI=1S/C12H18BrNO2/c1-4-16-8-9(2)14-12-6-5-10(15-3)7-11(12)13/h5-7,9,14H,4,8H2,1-3H3. The Hall–Kier alpha value is -0.740. The van der Waals surface area contributed by atoms with E-state index in [1.165, 1.54) is 0 Å². The normalized spacial score (nSPS) is 12.2. The average molecular weight is 288 g/mol. The van der Waals surface area contributed by atoms with Gasteiger partial charge in [0, 0.05) is 22.8 Å². The van der Waals surface area contributed by atoms with Crippen LogP contribution in [0.5, 0.6) is 5.75 Å². The predicted octanol–water partition coefficient (Wildman–Crippen LogP) is 3.29. The van der Waals surface area contributed by atoms with Crippen molar-refractivity contribution in [3.8, 4) is 5.75 Å². The Labute approximate surface area is 105 Å². The first-order chi connectivity index (χ1) is 7.67. The Morgan fingerprint density at radius 1 is 1.44 bits per heavy atom. The second kappa shape index (κ2) is 6.76. The Bertz CT molecular complexity index is 331. The van der Waals surface area contributed by atoms with Gasteiger partial charge >= 0.3 is 0 Å². The third kappa shape index (κ3) is 4.02. The zero-order valence-electron chi connectivity index (χ0n) is 9.92. The summed E-state index contributed by atoms with van der Waals surface area (Å²) in [6, 6.07) is 6.14. The Kier molecular flexibility index (Phi) is 5.63. The number of ether oxygens (including phenoxy) is 2. The van der Waals surface area contributed by atoms with Gasteiger partial charge in [0.25, 0.3) is 0 Å². The third-order valence-electron chi connectivity index (χ3n) is 2.15. The van der Waals surface area contributed by atoms with Crippen LogP contribution in [0.3, 0.4) is 0 Å². The molecule has 90 valence electrons. The molecule has 0 aromatic heterocycles. The van der Waals surface area contributed by atoms with Gasteiger partial charge in [0.1, 0.15) is 5.75 Å². The highest BCUT2D eigenvalue weighted by Crippen LogP contribution is 2.27. The lowest BCUT2D eigenvalue weighted by molar-refractivity contribution is 0.141. The molecule has 0 aliphatic heterocycles. The van der Waals surface area contributed by atoms with Gasteiger partial charge in [-0.15, -0.1) is 0 Å². The first-order valence-corrected chi connectivity index (χ1v) is 6.14. The minimum atomic E-state index is 0.282. The van der Waals surface area contributed by atoms with E-state index in [4.69, 9.17) is 9.47 Å². The van der Waals surface area contributed by atoms with Crippen molar-refractivity contribution in [1.82, 2.24) is 0 Å². The number of methoxy groups -OCH3 is 1. The maximum absolute atomic E-state index is 5.35. The van der Waals surface area contributed by atoms with Gasteiger partial charge in [0.05, 0.1) is 13.7 Å². The SMILES string of the molecule is CCOCC(C)Nc1ccc(OC)cc1Br. The highest BCUT2D eigenvalue weighted by molar-refractivity contribution is 9.10. The fourth-order valence-electron chi connectivity index (χ4n) is 1.34.